The van der Waals surface area contributed by atoms with Crippen LogP contribution in [0.15, 0.2) is 61.1 Å². The third-order valence-electron chi connectivity index (χ3n) is 6.13. The molecule has 0 amide bonds. The summed E-state index contributed by atoms with van der Waals surface area (Å²) < 4.78 is 44.1. The maximum absolute atomic E-state index is 15.1. The molecule has 0 saturated heterocycles. The standard InChI is InChI=1S/C28H24ClF3N8Si/c1-41(2,3)15-40-14-24(38-39-40)27(19-6-4-5-7-22(19)30)36-17-8-20-25(37-18-10-23(31)28(32)35-13-18)16(11-33)12-34-26(20)21(29)9-17/h4-10,12-14,27,36H,15H2,1-3H3,(H,34,37). The number of aromatic nitrogens is 5. The summed E-state index contributed by atoms with van der Waals surface area (Å²) in [6, 6.07) is 11.9. The SMILES string of the molecule is C[Si](C)(C)Cn1cc(C(Nc2cc(Cl)c3ncc(C#N)c(Nc4cnc(F)c(F)c4)c3c2)c2ccccc2F)nn1. The Kier molecular flexibility index (Phi) is 7.66. The van der Waals surface area contributed by atoms with Crippen LogP contribution >= 0.6 is 11.6 Å². The average Bonchev–Trinajstić information content (AvgIpc) is 3.37. The smallest absolute Gasteiger partial charge is 0.249 e. The Bertz CT molecular complexity index is 1800. The lowest BCUT2D eigenvalue weighted by Crippen LogP contribution is -2.28. The number of benzene rings is 2. The second-order valence-corrected chi connectivity index (χ2v) is 16.5. The van der Waals surface area contributed by atoms with E-state index in [1.807, 2.05) is 0 Å². The number of anilines is 3. The van der Waals surface area contributed by atoms with Crippen LogP contribution in [0.1, 0.15) is 22.9 Å². The molecule has 5 aromatic rings. The van der Waals surface area contributed by atoms with Gasteiger partial charge in [0.1, 0.15) is 23.6 Å². The van der Waals surface area contributed by atoms with Crippen molar-refractivity contribution >= 4 is 47.6 Å². The first-order valence-corrected chi connectivity index (χ1v) is 16.6. The summed E-state index contributed by atoms with van der Waals surface area (Å²) in [5, 5.41) is 25.3. The summed E-state index contributed by atoms with van der Waals surface area (Å²) in [5.74, 6) is -2.83. The van der Waals surface area contributed by atoms with Crippen molar-refractivity contribution in [3.8, 4) is 6.07 Å². The number of nitrogens with one attached hydrogen (secondary N) is 2. The largest absolute Gasteiger partial charge is 0.373 e. The summed E-state index contributed by atoms with van der Waals surface area (Å²) in [6.45, 7) is 6.64. The van der Waals surface area contributed by atoms with Gasteiger partial charge in [0.25, 0.3) is 0 Å². The fraction of sp³-hybridized carbons (Fsp3) is 0.179. The second-order valence-electron chi connectivity index (χ2n) is 10.6. The van der Waals surface area contributed by atoms with Crippen LogP contribution in [0.4, 0.5) is 30.2 Å². The summed E-state index contributed by atoms with van der Waals surface area (Å²) in [7, 11) is -1.52. The van der Waals surface area contributed by atoms with Gasteiger partial charge in [0.2, 0.25) is 5.95 Å². The van der Waals surface area contributed by atoms with E-state index >= 15 is 4.39 Å². The highest BCUT2D eigenvalue weighted by molar-refractivity contribution is 6.74. The normalized spacial score (nSPS) is 12.2. The Morgan fingerprint density at radius 1 is 1.02 bits per heavy atom. The van der Waals surface area contributed by atoms with Crippen LogP contribution in [0.5, 0.6) is 0 Å². The summed E-state index contributed by atoms with van der Waals surface area (Å²) in [5.41, 5.74) is 2.19. The fourth-order valence-electron chi connectivity index (χ4n) is 4.39. The van der Waals surface area contributed by atoms with Gasteiger partial charge < -0.3 is 10.6 Å². The van der Waals surface area contributed by atoms with Crippen molar-refractivity contribution < 1.29 is 13.2 Å². The number of hydrogen-bond acceptors (Lipinski definition) is 7. The molecule has 3 aromatic heterocycles. The van der Waals surface area contributed by atoms with E-state index < -0.39 is 31.7 Å². The molecule has 1 unspecified atom stereocenters. The molecule has 3 heterocycles. The monoisotopic (exact) mass is 592 g/mol. The molecule has 0 aliphatic carbocycles. The van der Waals surface area contributed by atoms with Crippen LogP contribution in [-0.2, 0) is 6.17 Å². The number of hydrogen-bond donors (Lipinski definition) is 2. The van der Waals surface area contributed by atoms with Crippen molar-refractivity contribution in [3.05, 3.63) is 100 Å². The lowest BCUT2D eigenvalue weighted by atomic mass is 10.0. The Labute approximate surface area is 239 Å². The molecule has 0 fully saturated rings. The first-order chi connectivity index (χ1) is 19.5. The highest BCUT2D eigenvalue weighted by Crippen LogP contribution is 2.37. The maximum atomic E-state index is 15.1. The van der Waals surface area contributed by atoms with E-state index in [-0.39, 0.29) is 22.0 Å². The molecular weight excluding hydrogens is 569 g/mol. The van der Waals surface area contributed by atoms with Gasteiger partial charge in [0.05, 0.1) is 47.9 Å². The van der Waals surface area contributed by atoms with E-state index in [0.29, 0.717) is 27.8 Å². The first kappa shape index (κ1) is 28.1. The Morgan fingerprint density at radius 3 is 2.51 bits per heavy atom. The second kappa shape index (κ2) is 11.2. The molecule has 0 aliphatic heterocycles. The van der Waals surface area contributed by atoms with E-state index in [1.165, 1.54) is 12.3 Å². The minimum Gasteiger partial charge on any atom is -0.373 e. The van der Waals surface area contributed by atoms with Gasteiger partial charge in [-0.05, 0) is 18.2 Å². The van der Waals surface area contributed by atoms with Crippen LogP contribution in [0, 0.1) is 28.9 Å². The highest BCUT2D eigenvalue weighted by Gasteiger charge is 2.24. The van der Waals surface area contributed by atoms with Crippen molar-refractivity contribution in [2.75, 3.05) is 10.6 Å². The molecule has 2 N–H and O–H groups in total. The molecule has 0 radical (unpaired) electrons. The lowest BCUT2D eigenvalue weighted by molar-refractivity contribution is 0.480. The van der Waals surface area contributed by atoms with Crippen LogP contribution in [0.2, 0.25) is 24.7 Å². The minimum atomic E-state index is -1.52. The predicted molar refractivity (Wildman–Crippen MR) is 154 cm³/mol. The quantitative estimate of drug-likeness (QED) is 0.148. The third kappa shape index (κ3) is 6.16. The molecule has 0 bridgehead atoms. The van der Waals surface area contributed by atoms with Crippen molar-refractivity contribution in [1.82, 2.24) is 25.0 Å². The van der Waals surface area contributed by atoms with Crippen LogP contribution < -0.4 is 10.6 Å². The topological polar surface area (TPSA) is 104 Å². The molecule has 0 spiro atoms. The van der Waals surface area contributed by atoms with Gasteiger partial charge in [0, 0.05) is 35.1 Å². The van der Waals surface area contributed by atoms with Crippen LogP contribution in [-0.4, -0.2) is 33.0 Å². The first-order valence-electron chi connectivity index (χ1n) is 12.5. The predicted octanol–water partition coefficient (Wildman–Crippen LogP) is 6.99. The van der Waals surface area contributed by atoms with Gasteiger partial charge >= 0.3 is 0 Å². The molecule has 41 heavy (non-hydrogen) atoms. The minimum absolute atomic E-state index is 0.116. The van der Waals surface area contributed by atoms with Gasteiger partial charge in [0.15, 0.2) is 5.82 Å². The van der Waals surface area contributed by atoms with Crippen molar-refractivity contribution in [2.24, 2.45) is 0 Å². The van der Waals surface area contributed by atoms with Gasteiger partial charge in [-0.1, -0.05) is 54.7 Å². The molecule has 0 aliphatic rings. The highest BCUT2D eigenvalue weighted by atomic mass is 35.5. The van der Waals surface area contributed by atoms with E-state index in [0.717, 1.165) is 18.4 Å². The molecule has 1 atom stereocenters. The number of nitrogens with zero attached hydrogens (tertiary/aromatic N) is 6. The maximum Gasteiger partial charge on any atom is 0.249 e. The molecule has 8 nitrogen and oxygen atoms in total. The van der Waals surface area contributed by atoms with E-state index in [4.69, 9.17) is 11.6 Å². The van der Waals surface area contributed by atoms with E-state index in [9.17, 15) is 14.0 Å². The summed E-state index contributed by atoms with van der Waals surface area (Å²) in [6.07, 6.45) is 4.97. The number of halogens is 4. The van der Waals surface area contributed by atoms with E-state index in [2.05, 4.69) is 56.6 Å². The molecule has 5 rings (SSSR count). The number of rotatable bonds is 8. The average molecular weight is 593 g/mol. The van der Waals surface area contributed by atoms with Gasteiger partial charge in [-0.15, -0.1) is 5.10 Å². The number of nitriles is 1. The molecule has 13 heteroatoms. The zero-order valence-corrected chi connectivity index (χ0v) is 24.0. The zero-order valence-electron chi connectivity index (χ0n) is 22.3. The third-order valence-corrected chi connectivity index (χ3v) is 7.69. The zero-order chi connectivity index (χ0) is 29.3. The van der Waals surface area contributed by atoms with Crippen LogP contribution in [0.25, 0.3) is 10.9 Å². The molecule has 208 valence electrons. The van der Waals surface area contributed by atoms with E-state index in [1.54, 1.807) is 41.2 Å². The molecule has 2 aromatic carbocycles. The summed E-state index contributed by atoms with van der Waals surface area (Å²) >= 11 is 6.63. The van der Waals surface area contributed by atoms with Crippen molar-refractivity contribution in [2.45, 2.75) is 31.9 Å². The number of pyridine rings is 2. The fourth-order valence-corrected chi connectivity index (χ4v) is 5.79. The molecular formula is C28H24ClF3N8Si. The van der Waals surface area contributed by atoms with Gasteiger partial charge in [-0.2, -0.15) is 9.65 Å². The van der Waals surface area contributed by atoms with Crippen molar-refractivity contribution in [1.29, 1.82) is 5.26 Å². The van der Waals surface area contributed by atoms with Gasteiger partial charge in [-0.3, -0.25) is 9.67 Å². The van der Waals surface area contributed by atoms with Crippen molar-refractivity contribution in [3.63, 3.8) is 0 Å². The Hall–Kier alpha value is -4.47. The summed E-state index contributed by atoms with van der Waals surface area (Å²) in [4.78, 5) is 7.72. The number of fused-ring (bicyclic) bond motifs is 1. The van der Waals surface area contributed by atoms with Gasteiger partial charge in [-0.25, -0.2) is 13.8 Å². The Morgan fingerprint density at radius 2 is 1.80 bits per heavy atom. The molecule has 0 saturated carbocycles. The lowest BCUT2D eigenvalue weighted by Gasteiger charge is -2.20. The van der Waals surface area contributed by atoms with Crippen LogP contribution in [0.3, 0.4) is 0 Å². The Balaban J connectivity index is 1.60.